The molecule has 7 nitrogen and oxygen atoms in total. The van der Waals surface area contributed by atoms with Crippen molar-refractivity contribution >= 4 is 33.4 Å². The fraction of sp³-hybridized carbons (Fsp3) is 0.467. The zero-order valence-corrected chi connectivity index (χ0v) is 13.5. The number of hydrogen-bond donors (Lipinski definition) is 2. The molecule has 2 heterocycles. The number of nitrogens with zero attached hydrogens (tertiary/aromatic N) is 2. The topological polar surface area (TPSA) is 103 Å². The van der Waals surface area contributed by atoms with Crippen molar-refractivity contribution in [2.24, 2.45) is 5.41 Å². The molecule has 2 aromatic rings. The number of amides is 1. The van der Waals surface area contributed by atoms with Gasteiger partial charge in [0.25, 0.3) is 5.56 Å². The minimum Gasteiger partial charge on any atom is -0.481 e. The Kier molecular flexibility index (Phi) is 3.93. The van der Waals surface area contributed by atoms with E-state index in [9.17, 15) is 19.5 Å². The Morgan fingerprint density at radius 2 is 2.22 bits per heavy atom. The van der Waals surface area contributed by atoms with Crippen LogP contribution in [0.5, 0.6) is 0 Å². The summed E-state index contributed by atoms with van der Waals surface area (Å²) in [5.74, 6) is -0.758. The van der Waals surface area contributed by atoms with E-state index in [1.165, 1.54) is 16.2 Å². The molecule has 23 heavy (non-hydrogen) atoms. The molecule has 0 atom stereocenters. The van der Waals surface area contributed by atoms with E-state index in [0.717, 1.165) is 6.42 Å². The fourth-order valence-electron chi connectivity index (χ4n) is 2.80. The van der Waals surface area contributed by atoms with E-state index in [0.29, 0.717) is 28.9 Å². The molecule has 3 rings (SSSR count). The number of carboxylic acids is 1. The van der Waals surface area contributed by atoms with E-state index in [4.69, 9.17) is 0 Å². The molecule has 1 saturated carbocycles. The standard InChI is InChI=1S/C15H17N3O4S/c1-18(11(19)7-15(14(21)22)4-2-5-15)8-10-16-9-3-6-23-12(9)13(20)17-10/h3,6H,2,4-5,7-8H2,1H3,(H,21,22)(H,16,17,20). The largest absolute Gasteiger partial charge is 0.481 e. The summed E-state index contributed by atoms with van der Waals surface area (Å²) < 4.78 is 0.557. The third kappa shape index (κ3) is 2.86. The summed E-state index contributed by atoms with van der Waals surface area (Å²) >= 11 is 1.32. The van der Waals surface area contributed by atoms with Gasteiger partial charge in [0, 0.05) is 13.5 Å². The molecule has 1 fully saturated rings. The van der Waals surface area contributed by atoms with Crippen LogP contribution in [0.3, 0.4) is 0 Å². The van der Waals surface area contributed by atoms with Gasteiger partial charge < -0.3 is 15.0 Å². The molecular formula is C15H17N3O4S. The molecule has 0 aliphatic heterocycles. The molecular weight excluding hydrogens is 318 g/mol. The van der Waals surface area contributed by atoms with Crippen molar-refractivity contribution in [1.82, 2.24) is 14.9 Å². The molecule has 0 saturated heterocycles. The van der Waals surface area contributed by atoms with Crippen LogP contribution < -0.4 is 5.56 Å². The quantitative estimate of drug-likeness (QED) is 0.863. The molecule has 0 unspecified atom stereocenters. The van der Waals surface area contributed by atoms with Gasteiger partial charge in [-0.25, -0.2) is 4.98 Å². The molecule has 0 radical (unpaired) electrons. The van der Waals surface area contributed by atoms with Crippen molar-refractivity contribution in [3.05, 3.63) is 27.6 Å². The van der Waals surface area contributed by atoms with Crippen LogP contribution in [-0.4, -0.2) is 38.9 Å². The van der Waals surface area contributed by atoms with Gasteiger partial charge in [0.2, 0.25) is 5.91 Å². The van der Waals surface area contributed by atoms with E-state index in [1.807, 2.05) is 0 Å². The van der Waals surface area contributed by atoms with Crippen LogP contribution in [0.15, 0.2) is 16.2 Å². The highest BCUT2D eigenvalue weighted by Gasteiger charge is 2.46. The van der Waals surface area contributed by atoms with E-state index in [-0.39, 0.29) is 24.4 Å². The van der Waals surface area contributed by atoms with E-state index < -0.39 is 11.4 Å². The minimum atomic E-state index is -0.913. The Morgan fingerprint density at radius 1 is 1.48 bits per heavy atom. The summed E-state index contributed by atoms with van der Waals surface area (Å²) in [5.41, 5.74) is -0.527. The maximum Gasteiger partial charge on any atom is 0.310 e. The number of hydrogen-bond acceptors (Lipinski definition) is 5. The van der Waals surface area contributed by atoms with Crippen LogP contribution in [0.25, 0.3) is 10.2 Å². The SMILES string of the molecule is CN(Cc1nc2ccsc2c(=O)[nH]1)C(=O)CC1(C(=O)O)CCC1. The minimum absolute atomic E-state index is 0.0102. The lowest BCUT2D eigenvalue weighted by Crippen LogP contribution is -2.43. The number of carbonyl (C=O) groups excluding carboxylic acids is 1. The van der Waals surface area contributed by atoms with Gasteiger partial charge in [-0.3, -0.25) is 14.4 Å². The van der Waals surface area contributed by atoms with Crippen molar-refractivity contribution in [2.75, 3.05) is 7.05 Å². The summed E-state index contributed by atoms with van der Waals surface area (Å²) in [4.78, 5) is 44.0. The van der Waals surface area contributed by atoms with Crippen molar-refractivity contribution in [3.8, 4) is 0 Å². The molecule has 2 aromatic heterocycles. The number of H-pyrrole nitrogens is 1. The Morgan fingerprint density at radius 3 is 2.83 bits per heavy atom. The highest BCUT2D eigenvalue weighted by molar-refractivity contribution is 7.17. The molecule has 122 valence electrons. The van der Waals surface area contributed by atoms with Crippen LogP contribution in [0.2, 0.25) is 0 Å². The second-order valence-electron chi connectivity index (χ2n) is 6.01. The van der Waals surface area contributed by atoms with Gasteiger partial charge in [0.15, 0.2) is 0 Å². The zero-order chi connectivity index (χ0) is 16.6. The second-order valence-corrected chi connectivity index (χ2v) is 6.93. The van der Waals surface area contributed by atoms with Crippen molar-refractivity contribution < 1.29 is 14.7 Å². The van der Waals surface area contributed by atoms with Gasteiger partial charge in [-0.15, -0.1) is 11.3 Å². The number of aliphatic carboxylic acids is 1. The number of rotatable bonds is 5. The summed E-state index contributed by atoms with van der Waals surface area (Å²) in [5, 5.41) is 11.1. The molecule has 2 N–H and O–H groups in total. The van der Waals surface area contributed by atoms with Crippen molar-refractivity contribution in [1.29, 1.82) is 0 Å². The van der Waals surface area contributed by atoms with Gasteiger partial charge in [-0.1, -0.05) is 6.42 Å². The van der Waals surface area contributed by atoms with Gasteiger partial charge in [-0.2, -0.15) is 0 Å². The summed E-state index contributed by atoms with van der Waals surface area (Å²) in [7, 11) is 1.59. The molecule has 0 bridgehead atoms. The third-order valence-corrected chi connectivity index (χ3v) is 5.33. The van der Waals surface area contributed by atoms with Crippen LogP contribution in [-0.2, 0) is 16.1 Å². The lowest BCUT2D eigenvalue weighted by molar-refractivity contribution is -0.159. The summed E-state index contributed by atoms with van der Waals surface area (Å²) in [6.07, 6.45) is 1.91. The average molecular weight is 335 g/mol. The predicted molar refractivity (Wildman–Crippen MR) is 85.3 cm³/mol. The lowest BCUT2D eigenvalue weighted by atomic mass is 9.66. The smallest absolute Gasteiger partial charge is 0.310 e. The Labute approximate surface area is 136 Å². The summed E-state index contributed by atoms with van der Waals surface area (Å²) in [6, 6.07) is 1.76. The van der Waals surface area contributed by atoms with Crippen molar-refractivity contribution in [2.45, 2.75) is 32.2 Å². The summed E-state index contributed by atoms with van der Waals surface area (Å²) in [6.45, 7) is 0.148. The molecule has 1 amide bonds. The predicted octanol–water partition coefficient (Wildman–Crippen LogP) is 1.59. The first-order valence-corrected chi connectivity index (χ1v) is 8.23. The molecule has 0 spiro atoms. The van der Waals surface area contributed by atoms with E-state index in [1.54, 1.807) is 18.5 Å². The van der Waals surface area contributed by atoms with Gasteiger partial charge >= 0.3 is 5.97 Å². The first kappa shape index (κ1) is 15.7. The third-order valence-electron chi connectivity index (χ3n) is 4.43. The first-order chi connectivity index (χ1) is 10.9. The number of carbonyl (C=O) groups is 2. The Hall–Kier alpha value is -2.22. The molecule has 1 aliphatic carbocycles. The van der Waals surface area contributed by atoms with Gasteiger partial charge in [0.05, 0.1) is 17.5 Å². The van der Waals surface area contributed by atoms with Gasteiger partial charge in [-0.05, 0) is 24.3 Å². The molecule has 1 aliphatic rings. The number of aromatic amines is 1. The highest BCUT2D eigenvalue weighted by atomic mass is 32.1. The molecule has 0 aromatic carbocycles. The second kappa shape index (κ2) is 5.77. The Balaban J connectivity index is 1.72. The first-order valence-electron chi connectivity index (χ1n) is 7.35. The van der Waals surface area contributed by atoms with Crippen molar-refractivity contribution in [3.63, 3.8) is 0 Å². The lowest BCUT2D eigenvalue weighted by Gasteiger charge is -2.37. The number of carboxylic acid groups (broad SMARTS) is 1. The monoisotopic (exact) mass is 335 g/mol. The van der Waals surface area contributed by atoms with Crippen LogP contribution in [0.4, 0.5) is 0 Å². The number of nitrogens with one attached hydrogen (secondary N) is 1. The molecule has 8 heteroatoms. The average Bonchev–Trinajstić information content (AvgIpc) is 2.90. The number of aromatic nitrogens is 2. The van der Waals surface area contributed by atoms with Crippen LogP contribution >= 0.6 is 11.3 Å². The fourth-order valence-corrected chi connectivity index (χ4v) is 3.53. The highest BCUT2D eigenvalue weighted by Crippen LogP contribution is 2.44. The van der Waals surface area contributed by atoms with Crippen LogP contribution in [0, 0.1) is 5.41 Å². The van der Waals surface area contributed by atoms with Gasteiger partial charge in [0.1, 0.15) is 10.5 Å². The Bertz CT molecular complexity index is 821. The van der Waals surface area contributed by atoms with Crippen LogP contribution in [0.1, 0.15) is 31.5 Å². The maximum atomic E-state index is 12.3. The van der Waals surface area contributed by atoms with E-state index >= 15 is 0 Å². The maximum absolute atomic E-state index is 12.3. The van der Waals surface area contributed by atoms with E-state index in [2.05, 4.69) is 9.97 Å². The normalized spacial score (nSPS) is 16.0. The number of thiophene rings is 1. The number of fused-ring (bicyclic) bond motifs is 1. The zero-order valence-electron chi connectivity index (χ0n) is 12.7.